The largest absolute Gasteiger partial charge is 0.481 e. The molecule has 0 aromatic rings. The summed E-state index contributed by atoms with van der Waals surface area (Å²) in [6, 6.07) is 0. The van der Waals surface area contributed by atoms with Gasteiger partial charge in [0, 0.05) is 13.1 Å². The molecule has 1 saturated carbocycles. The van der Waals surface area contributed by atoms with Gasteiger partial charge in [0.2, 0.25) is 0 Å². The first kappa shape index (κ1) is 14.6. The van der Waals surface area contributed by atoms with E-state index in [1.807, 2.05) is 0 Å². The number of carboxylic acid groups (broad SMARTS) is 2. The van der Waals surface area contributed by atoms with Crippen LogP contribution in [0.2, 0.25) is 0 Å². The smallest absolute Gasteiger partial charge is 0.410 e. The average Bonchev–Trinajstić information content (AvgIpc) is 2.24. The third kappa shape index (κ3) is 2.21. The van der Waals surface area contributed by atoms with Crippen molar-refractivity contribution in [2.45, 2.75) is 39.2 Å². The van der Waals surface area contributed by atoms with Crippen LogP contribution in [0.3, 0.4) is 0 Å². The molecule has 1 amide bonds. The molecule has 3 rings (SSSR count). The molecule has 0 spiro atoms. The number of aliphatic carboxylic acids is 2. The number of piperidine rings is 2. The number of amides is 1. The third-order valence-corrected chi connectivity index (χ3v) is 3.90. The Morgan fingerprint density at radius 2 is 1.40 bits per heavy atom. The number of carbonyl (C=O) groups is 3. The molecule has 112 valence electrons. The van der Waals surface area contributed by atoms with E-state index in [-0.39, 0.29) is 25.9 Å². The Hall–Kier alpha value is -1.79. The molecule has 0 aromatic heterocycles. The molecular formula is C13H19NO6. The second-order valence-corrected chi connectivity index (χ2v) is 6.86. The van der Waals surface area contributed by atoms with Gasteiger partial charge in [-0.15, -0.1) is 0 Å². The monoisotopic (exact) mass is 285 g/mol. The van der Waals surface area contributed by atoms with Gasteiger partial charge in [0.25, 0.3) is 0 Å². The Bertz CT molecular complexity index is 444. The normalized spacial score (nSPS) is 32.2. The zero-order chi connectivity index (χ0) is 15.3. The Morgan fingerprint density at radius 1 is 1.00 bits per heavy atom. The fraction of sp³-hybridized carbons (Fsp3) is 0.769. The van der Waals surface area contributed by atoms with Gasteiger partial charge in [0.1, 0.15) is 5.60 Å². The summed E-state index contributed by atoms with van der Waals surface area (Å²) in [6.07, 6.45) is -0.512. The molecule has 2 aliphatic heterocycles. The molecule has 0 aromatic carbocycles. The molecule has 7 heteroatoms. The molecule has 3 aliphatic rings. The number of fused-ring (bicyclic) bond motifs is 2. The highest BCUT2D eigenvalue weighted by Crippen LogP contribution is 2.59. The third-order valence-electron chi connectivity index (χ3n) is 3.90. The first-order chi connectivity index (χ1) is 9.00. The average molecular weight is 285 g/mol. The molecule has 20 heavy (non-hydrogen) atoms. The van der Waals surface area contributed by atoms with Gasteiger partial charge in [-0.2, -0.15) is 0 Å². The van der Waals surface area contributed by atoms with E-state index in [0.717, 1.165) is 0 Å². The predicted octanol–water partition coefficient (Wildman–Crippen LogP) is 1.17. The van der Waals surface area contributed by atoms with Crippen LogP contribution in [0.1, 0.15) is 33.6 Å². The minimum atomic E-state index is -1.15. The summed E-state index contributed by atoms with van der Waals surface area (Å²) in [6.45, 7) is 5.12. The van der Waals surface area contributed by atoms with Crippen molar-refractivity contribution in [3.8, 4) is 0 Å². The molecule has 2 N–H and O–H groups in total. The van der Waals surface area contributed by atoms with Crippen LogP contribution in [-0.2, 0) is 14.3 Å². The lowest BCUT2D eigenvalue weighted by atomic mass is 9.49. The molecule has 0 radical (unpaired) electrons. The van der Waals surface area contributed by atoms with Crippen LogP contribution in [0.25, 0.3) is 0 Å². The van der Waals surface area contributed by atoms with E-state index in [2.05, 4.69) is 0 Å². The number of carboxylic acids is 2. The summed E-state index contributed by atoms with van der Waals surface area (Å²) < 4.78 is 5.20. The van der Waals surface area contributed by atoms with Gasteiger partial charge in [-0.25, -0.2) is 4.79 Å². The van der Waals surface area contributed by atoms with Crippen LogP contribution in [0, 0.1) is 10.8 Å². The van der Waals surface area contributed by atoms with Gasteiger partial charge >= 0.3 is 18.0 Å². The highest BCUT2D eigenvalue weighted by atomic mass is 16.6. The zero-order valence-corrected chi connectivity index (χ0v) is 11.8. The van der Waals surface area contributed by atoms with E-state index < -0.39 is 34.5 Å². The van der Waals surface area contributed by atoms with Crippen LogP contribution in [0.15, 0.2) is 0 Å². The van der Waals surface area contributed by atoms with Crippen LogP contribution < -0.4 is 0 Å². The van der Waals surface area contributed by atoms with E-state index >= 15 is 0 Å². The van der Waals surface area contributed by atoms with Crippen molar-refractivity contribution in [3.63, 3.8) is 0 Å². The van der Waals surface area contributed by atoms with Crippen molar-refractivity contribution < 1.29 is 29.3 Å². The van der Waals surface area contributed by atoms with E-state index in [1.165, 1.54) is 4.90 Å². The maximum Gasteiger partial charge on any atom is 0.410 e. The summed E-state index contributed by atoms with van der Waals surface area (Å²) in [5.41, 5.74) is -2.99. The summed E-state index contributed by atoms with van der Waals surface area (Å²) in [5, 5.41) is 18.6. The van der Waals surface area contributed by atoms with Crippen LogP contribution in [0.5, 0.6) is 0 Å². The van der Waals surface area contributed by atoms with Gasteiger partial charge in [-0.3, -0.25) is 9.59 Å². The highest BCUT2D eigenvalue weighted by Gasteiger charge is 2.68. The summed E-state index contributed by atoms with van der Waals surface area (Å²) in [5.74, 6) is -2.11. The van der Waals surface area contributed by atoms with Crippen LogP contribution in [0.4, 0.5) is 4.79 Å². The molecule has 0 atom stereocenters. The lowest BCUT2D eigenvalue weighted by Gasteiger charge is -2.58. The van der Waals surface area contributed by atoms with Gasteiger partial charge < -0.3 is 19.8 Å². The standard InChI is InChI=1S/C13H19NO6/c1-11(2,3)20-10(19)14-6-12(8(15)16)4-13(5-12,7-14)9(17)18/h4-7H2,1-3H3,(H,15,16)(H,17,18). The number of hydrogen-bond acceptors (Lipinski definition) is 4. The number of rotatable bonds is 2. The van der Waals surface area contributed by atoms with Crippen molar-refractivity contribution in [2.75, 3.05) is 13.1 Å². The van der Waals surface area contributed by atoms with E-state index in [4.69, 9.17) is 4.74 Å². The number of ether oxygens (including phenoxy) is 1. The predicted molar refractivity (Wildman–Crippen MR) is 67.2 cm³/mol. The highest BCUT2D eigenvalue weighted by molar-refractivity contribution is 5.86. The number of nitrogens with zero attached hydrogens (tertiary/aromatic N) is 1. The maximum absolute atomic E-state index is 12.0. The Kier molecular flexibility index (Phi) is 3.00. The molecule has 2 saturated heterocycles. The summed E-state index contributed by atoms with van der Waals surface area (Å²) >= 11 is 0. The second-order valence-electron chi connectivity index (χ2n) is 6.86. The van der Waals surface area contributed by atoms with Gasteiger partial charge in [0.05, 0.1) is 10.8 Å². The Balaban J connectivity index is 2.19. The van der Waals surface area contributed by atoms with Crippen molar-refractivity contribution in [2.24, 2.45) is 10.8 Å². The van der Waals surface area contributed by atoms with Crippen molar-refractivity contribution in [1.82, 2.24) is 4.90 Å². The van der Waals surface area contributed by atoms with E-state index in [0.29, 0.717) is 0 Å². The fourth-order valence-electron chi connectivity index (χ4n) is 3.15. The molecule has 7 nitrogen and oxygen atoms in total. The number of carbonyl (C=O) groups excluding carboxylic acids is 1. The molecule has 0 unspecified atom stereocenters. The van der Waals surface area contributed by atoms with Crippen molar-refractivity contribution in [1.29, 1.82) is 0 Å². The summed E-state index contributed by atoms with van der Waals surface area (Å²) in [7, 11) is 0. The summed E-state index contributed by atoms with van der Waals surface area (Å²) in [4.78, 5) is 36.0. The minimum absolute atomic E-state index is 0.00623. The lowest BCUT2D eigenvalue weighted by molar-refractivity contribution is -0.196. The zero-order valence-electron chi connectivity index (χ0n) is 11.8. The van der Waals surface area contributed by atoms with Crippen molar-refractivity contribution in [3.05, 3.63) is 0 Å². The van der Waals surface area contributed by atoms with Crippen LogP contribution >= 0.6 is 0 Å². The van der Waals surface area contributed by atoms with Gasteiger partial charge in [-0.1, -0.05) is 0 Å². The molecular weight excluding hydrogens is 266 g/mol. The van der Waals surface area contributed by atoms with Crippen molar-refractivity contribution >= 4 is 18.0 Å². The Labute approximate surface area is 116 Å². The number of hydrogen-bond donors (Lipinski definition) is 2. The fourth-order valence-corrected chi connectivity index (χ4v) is 3.15. The molecule has 1 aliphatic carbocycles. The van der Waals surface area contributed by atoms with Gasteiger partial charge in [0.15, 0.2) is 0 Å². The first-order valence-corrected chi connectivity index (χ1v) is 6.45. The molecule has 3 fully saturated rings. The molecule has 2 heterocycles. The topological polar surface area (TPSA) is 104 Å². The second kappa shape index (κ2) is 4.10. The minimum Gasteiger partial charge on any atom is -0.481 e. The first-order valence-electron chi connectivity index (χ1n) is 6.45. The SMILES string of the molecule is CC(C)(C)OC(=O)N1CC2(C(=O)O)CC(C(=O)O)(C1)C2. The van der Waals surface area contributed by atoms with E-state index in [9.17, 15) is 24.6 Å². The quantitative estimate of drug-likeness (QED) is 0.789. The maximum atomic E-state index is 12.0. The lowest BCUT2D eigenvalue weighted by Crippen LogP contribution is -2.69. The van der Waals surface area contributed by atoms with Gasteiger partial charge in [-0.05, 0) is 33.6 Å². The Morgan fingerprint density at radius 3 is 1.70 bits per heavy atom. The van der Waals surface area contributed by atoms with Crippen LogP contribution in [-0.4, -0.2) is 51.8 Å². The molecule has 2 bridgehead atoms. The van der Waals surface area contributed by atoms with E-state index in [1.54, 1.807) is 20.8 Å².